The van der Waals surface area contributed by atoms with Crippen LogP contribution in [0.3, 0.4) is 0 Å². The number of carbonyl (C=O) groups is 3. The third kappa shape index (κ3) is 4.74. The van der Waals surface area contributed by atoms with Crippen LogP contribution in [-0.4, -0.2) is 130 Å². The number of carbonyl (C=O) groups excluding carboxylic acids is 3. The highest BCUT2D eigenvalue weighted by Crippen LogP contribution is 2.80. The van der Waals surface area contributed by atoms with E-state index in [1.54, 1.807) is 59.6 Å². The first kappa shape index (κ1) is 36.7. The van der Waals surface area contributed by atoms with Gasteiger partial charge in [-0.1, -0.05) is 26.0 Å². The Kier molecular flexibility index (Phi) is 9.38. The van der Waals surface area contributed by atoms with Crippen LogP contribution < -0.4 is 5.32 Å². The number of fused-ring (bicyclic) bond motifs is 2. The lowest BCUT2D eigenvalue weighted by molar-refractivity contribution is -0.320. The van der Waals surface area contributed by atoms with Gasteiger partial charge in [-0.15, -0.1) is 0 Å². The third-order valence-corrected chi connectivity index (χ3v) is 14.3. The Bertz CT molecular complexity index is 1540. The number of methoxy groups -OCH3 is 5. The zero-order valence-electron chi connectivity index (χ0n) is 30.8. The normalized spacial score (nSPS) is 43.7. The van der Waals surface area contributed by atoms with Gasteiger partial charge < -0.3 is 44.0 Å². The van der Waals surface area contributed by atoms with Crippen molar-refractivity contribution in [2.24, 2.45) is 40.4 Å². The molecule has 1 unspecified atom stereocenters. The van der Waals surface area contributed by atoms with Crippen molar-refractivity contribution >= 4 is 23.5 Å². The minimum Gasteiger partial charge on any atom is -0.469 e. The molecule has 5 aliphatic carbocycles. The van der Waals surface area contributed by atoms with E-state index >= 15 is 0 Å². The minimum atomic E-state index is -1.70. The number of piperidine rings is 1. The molecule has 3 N–H and O–H groups in total. The first-order chi connectivity index (χ1) is 24.4. The Morgan fingerprint density at radius 1 is 1.04 bits per heavy atom. The Morgan fingerprint density at radius 2 is 1.78 bits per heavy atom. The molecule has 13 heteroatoms. The van der Waals surface area contributed by atoms with Gasteiger partial charge in [0.1, 0.15) is 11.2 Å². The summed E-state index contributed by atoms with van der Waals surface area (Å²) >= 11 is 0. The summed E-state index contributed by atoms with van der Waals surface area (Å²) in [6.07, 6.45) is 0.611. The molecule has 6 aliphatic rings. The number of nitrogens with one attached hydrogen (secondary N) is 1. The van der Waals surface area contributed by atoms with Crippen LogP contribution in [0.5, 0.6) is 0 Å². The monoisotopic (exact) mass is 714 g/mol. The smallest absolute Gasteiger partial charge is 0.340 e. The summed E-state index contributed by atoms with van der Waals surface area (Å²) in [4.78, 5) is 41.1. The number of rotatable bonds is 12. The van der Waals surface area contributed by atoms with Crippen LogP contribution in [0.4, 0.5) is 5.69 Å². The second kappa shape index (κ2) is 13.0. The quantitative estimate of drug-likeness (QED) is 0.272. The molecule has 0 radical (unpaired) electrons. The van der Waals surface area contributed by atoms with Gasteiger partial charge in [0, 0.05) is 75.9 Å². The molecule has 14 atom stereocenters. The van der Waals surface area contributed by atoms with Gasteiger partial charge >= 0.3 is 11.9 Å². The van der Waals surface area contributed by atoms with Gasteiger partial charge in [0.05, 0.1) is 61.8 Å². The standard InChI is InChI=1S/C38H54N2O11/c1-8-40-18-35(19-51-33(43)21-11-9-10-12-24(21)39-32(42)20(2)15-27(41)48-5)14-13-26(47-4)37-23-16-22-25(46-3)17-36(44,28(23)29(22)49-6)38(45,34(37)40)31(50-7)30(35)37/h9-12,20,22-23,25-26,28-31,34,44-45H,8,13-19H2,1-7H3,(H,39,42)/t20?,22-,23-,25+,26+,28-,29+,30-,31+,34+,35+,36-,37+,38+/m1/s1. The summed E-state index contributed by atoms with van der Waals surface area (Å²) in [5.74, 6) is -2.92. The van der Waals surface area contributed by atoms with Crippen molar-refractivity contribution in [1.82, 2.24) is 4.90 Å². The zero-order valence-corrected chi connectivity index (χ0v) is 30.8. The molecule has 7 rings (SSSR count). The molecule has 1 amide bonds. The molecule has 1 saturated heterocycles. The van der Waals surface area contributed by atoms with Gasteiger partial charge in [-0.2, -0.15) is 0 Å². The van der Waals surface area contributed by atoms with Gasteiger partial charge in [0.25, 0.3) is 0 Å². The first-order valence-corrected chi connectivity index (χ1v) is 18.3. The maximum absolute atomic E-state index is 14.0. The van der Waals surface area contributed by atoms with E-state index in [1.807, 2.05) is 0 Å². The Morgan fingerprint density at radius 3 is 2.43 bits per heavy atom. The van der Waals surface area contributed by atoms with Crippen LogP contribution in [-0.2, 0) is 38.0 Å². The summed E-state index contributed by atoms with van der Waals surface area (Å²) in [6.45, 7) is 4.86. The third-order valence-electron chi connectivity index (χ3n) is 14.3. The van der Waals surface area contributed by atoms with Gasteiger partial charge in [0.2, 0.25) is 5.91 Å². The number of esters is 2. The Labute approximate surface area is 299 Å². The van der Waals surface area contributed by atoms with Crippen molar-refractivity contribution in [3.8, 4) is 0 Å². The van der Waals surface area contributed by atoms with E-state index in [0.717, 1.165) is 6.42 Å². The number of hydrogen-bond acceptors (Lipinski definition) is 12. The molecule has 7 bridgehead atoms. The molecule has 5 saturated carbocycles. The Balaban J connectivity index is 1.27. The van der Waals surface area contributed by atoms with Crippen molar-refractivity contribution < 1.29 is 53.0 Å². The minimum absolute atomic E-state index is 0.0399. The number of amides is 1. The predicted octanol–water partition coefficient (Wildman–Crippen LogP) is 2.27. The zero-order chi connectivity index (χ0) is 36.7. The fourth-order valence-electron chi connectivity index (χ4n) is 12.7. The number of ether oxygens (including phenoxy) is 6. The van der Waals surface area contributed by atoms with Crippen LogP contribution in [0.15, 0.2) is 24.3 Å². The Hall–Kier alpha value is -2.65. The predicted molar refractivity (Wildman–Crippen MR) is 183 cm³/mol. The summed E-state index contributed by atoms with van der Waals surface area (Å²) in [6, 6.07) is 6.19. The van der Waals surface area contributed by atoms with Crippen LogP contribution in [0, 0.1) is 40.4 Å². The second-order valence-corrected chi connectivity index (χ2v) is 16.0. The molecule has 0 aromatic heterocycles. The van der Waals surface area contributed by atoms with Crippen LogP contribution >= 0.6 is 0 Å². The maximum atomic E-state index is 14.0. The average molecular weight is 715 g/mol. The van der Waals surface area contributed by atoms with E-state index in [0.29, 0.717) is 25.9 Å². The molecule has 1 heterocycles. The first-order valence-electron chi connectivity index (χ1n) is 18.3. The lowest BCUT2D eigenvalue weighted by atomic mass is 9.42. The highest BCUT2D eigenvalue weighted by atomic mass is 16.5. The van der Waals surface area contributed by atoms with Crippen molar-refractivity contribution in [1.29, 1.82) is 0 Å². The lowest BCUT2D eigenvalue weighted by Gasteiger charge is -2.70. The van der Waals surface area contributed by atoms with Crippen LogP contribution in [0.1, 0.15) is 56.3 Å². The number of likely N-dealkylation sites (N-methyl/N-ethyl adjacent to an activating group) is 1. The average Bonchev–Trinajstić information content (AvgIpc) is 3.55. The molecule has 51 heavy (non-hydrogen) atoms. The van der Waals surface area contributed by atoms with Crippen molar-refractivity contribution in [2.75, 3.05) is 60.6 Å². The van der Waals surface area contributed by atoms with Gasteiger partial charge in [-0.3, -0.25) is 14.5 Å². The molecular weight excluding hydrogens is 660 g/mol. The highest BCUT2D eigenvalue weighted by molar-refractivity contribution is 6.02. The largest absolute Gasteiger partial charge is 0.469 e. The van der Waals surface area contributed by atoms with Gasteiger partial charge in [-0.05, 0) is 43.9 Å². The lowest BCUT2D eigenvalue weighted by Crippen LogP contribution is -2.82. The summed E-state index contributed by atoms with van der Waals surface area (Å²) < 4.78 is 36.1. The SMILES string of the molecule is CCN1C[C@]2(COC(=O)c3ccccc3NC(=O)C(C)CC(=O)OC)CC[C@H](OC)[C@@]34[C@@H]5C[C@H]6[C@H](OC)[C@@H]5[C@](O)(C[C@@H]6OC)[C@](O)([C@@H](OC)[C@H]23)[C@@H]14. The van der Waals surface area contributed by atoms with Crippen molar-refractivity contribution in [3.05, 3.63) is 29.8 Å². The molecule has 1 aliphatic heterocycles. The molecule has 1 aromatic rings. The second-order valence-electron chi connectivity index (χ2n) is 16.0. The number of para-hydroxylation sites is 1. The van der Waals surface area contributed by atoms with Crippen LogP contribution in [0.2, 0.25) is 0 Å². The van der Waals surface area contributed by atoms with Crippen LogP contribution in [0.25, 0.3) is 0 Å². The number of benzene rings is 1. The molecule has 1 aromatic carbocycles. The van der Waals surface area contributed by atoms with E-state index in [4.69, 9.17) is 28.4 Å². The number of likely N-dealkylation sites (tertiary alicyclic amines) is 1. The fraction of sp³-hybridized carbons (Fsp3) is 0.763. The fourth-order valence-corrected chi connectivity index (χ4v) is 12.7. The maximum Gasteiger partial charge on any atom is 0.340 e. The topological polar surface area (TPSA) is 162 Å². The summed E-state index contributed by atoms with van der Waals surface area (Å²) in [5, 5.41) is 29.4. The summed E-state index contributed by atoms with van der Waals surface area (Å²) in [5.41, 5.74) is -4.08. The molecule has 13 nitrogen and oxygen atoms in total. The van der Waals surface area contributed by atoms with Gasteiger partial charge in [-0.25, -0.2) is 4.79 Å². The van der Waals surface area contributed by atoms with E-state index in [2.05, 4.69) is 17.1 Å². The molecule has 282 valence electrons. The highest BCUT2D eigenvalue weighted by Gasteiger charge is 2.91. The van der Waals surface area contributed by atoms with Crippen molar-refractivity contribution in [3.63, 3.8) is 0 Å². The van der Waals surface area contributed by atoms with E-state index < -0.39 is 57.9 Å². The molecular formula is C38H54N2O11. The molecule has 6 fully saturated rings. The van der Waals surface area contributed by atoms with Crippen molar-refractivity contribution in [2.45, 2.75) is 87.6 Å². The number of hydrogen-bond donors (Lipinski definition) is 3. The van der Waals surface area contributed by atoms with E-state index in [9.17, 15) is 24.6 Å². The number of aliphatic hydroxyl groups is 2. The van der Waals surface area contributed by atoms with E-state index in [1.165, 1.54) is 7.11 Å². The van der Waals surface area contributed by atoms with Gasteiger partial charge in [0.15, 0.2) is 0 Å². The number of nitrogens with zero attached hydrogens (tertiary/aromatic N) is 1. The number of anilines is 1. The summed E-state index contributed by atoms with van der Waals surface area (Å²) in [7, 11) is 7.96. The van der Waals surface area contributed by atoms with E-state index in [-0.39, 0.29) is 72.7 Å². The molecule has 1 spiro atoms.